The second-order valence-corrected chi connectivity index (χ2v) is 4.85. The standard InChI is InChI=1S/C14H9BrF3NO3/c1-21-13(20)10-6-7-11(12(15)19-10)22-9-4-2-8(3-5-9)14(16,17)18/h2-7H,1H3. The van der Waals surface area contributed by atoms with E-state index in [0.717, 1.165) is 12.1 Å². The van der Waals surface area contributed by atoms with Crippen LogP contribution in [-0.4, -0.2) is 18.1 Å². The van der Waals surface area contributed by atoms with Gasteiger partial charge >= 0.3 is 12.1 Å². The van der Waals surface area contributed by atoms with E-state index in [2.05, 4.69) is 25.7 Å². The number of benzene rings is 1. The summed E-state index contributed by atoms with van der Waals surface area (Å²) in [6.45, 7) is 0. The van der Waals surface area contributed by atoms with Crippen molar-refractivity contribution in [2.24, 2.45) is 0 Å². The number of halogens is 4. The van der Waals surface area contributed by atoms with E-state index in [1.165, 1.54) is 31.4 Å². The topological polar surface area (TPSA) is 48.4 Å². The molecule has 0 radical (unpaired) electrons. The molecule has 0 bridgehead atoms. The van der Waals surface area contributed by atoms with E-state index < -0.39 is 17.7 Å². The Morgan fingerprint density at radius 2 is 1.77 bits per heavy atom. The smallest absolute Gasteiger partial charge is 0.416 e. The lowest BCUT2D eigenvalue weighted by molar-refractivity contribution is -0.137. The minimum Gasteiger partial charge on any atom is -0.464 e. The maximum atomic E-state index is 12.5. The number of methoxy groups -OCH3 is 1. The molecular formula is C14H9BrF3NO3. The summed E-state index contributed by atoms with van der Waals surface area (Å²) in [4.78, 5) is 15.2. The lowest BCUT2D eigenvalue weighted by atomic mass is 10.2. The number of carbonyl (C=O) groups excluding carboxylic acids is 1. The quantitative estimate of drug-likeness (QED) is 0.587. The zero-order chi connectivity index (χ0) is 16.3. The Labute approximate surface area is 132 Å². The van der Waals surface area contributed by atoms with E-state index in [1.54, 1.807) is 0 Å². The first-order valence-corrected chi connectivity index (χ1v) is 6.70. The average molecular weight is 376 g/mol. The van der Waals surface area contributed by atoms with E-state index in [0.29, 0.717) is 0 Å². The zero-order valence-corrected chi connectivity index (χ0v) is 12.7. The van der Waals surface area contributed by atoms with Gasteiger partial charge in [-0.15, -0.1) is 0 Å². The van der Waals surface area contributed by atoms with Gasteiger partial charge in [-0.3, -0.25) is 0 Å². The van der Waals surface area contributed by atoms with E-state index in [9.17, 15) is 18.0 Å². The van der Waals surface area contributed by atoms with Crippen LogP contribution in [0.4, 0.5) is 13.2 Å². The van der Waals surface area contributed by atoms with Gasteiger partial charge in [0.05, 0.1) is 12.7 Å². The van der Waals surface area contributed by atoms with Crippen LogP contribution in [0.2, 0.25) is 0 Å². The number of rotatable bonds is 3. The Hall–Kier alpha value is -2.09. The molecule has 0 atom stereocenters. The van der Waals surface area contributed by atoms with Crippen molar-refractivity contribution in [1.29, 1.82) is 0 Å². The van der Waals surface area contributed by atoms with Crippen molar-refractivity contribution in [1.82, 2.24) is 4.98 Å². The number of hydrogen-bond donors (Lipinski definition) is 0. The molecule has 116 valence electrons. The summed E-state index contributed by atoms with van der Waals surface area (Å²) in [5.41, 5.74) is -0.688. The first-order valence-electron chi connectivity index (χ1n) is 5.91. The summed E-state index contributed by atoms with van der Waals surface area (Å²) in [6.07, 6.45) is -4.40. The molecule has 0 spiro atoms. The highest BCUT2D eigenvalue weighted by molar-refractivity contribution is 9.10. The van der Waals surface area contributed by atoms with Crippen molar-refractivity contribution in [3.8, 4) is 11.5 Å². The van der Waals surface area contributed by atoms with Crippen LogP contribution in [0.1, 0.15) is 16.1 Å². The Bertz CT molecular complexity index is 687. The molecule has 0 fully saturated rings. The summed E-state index contributed by atoms with van der Waals surface area (Å²) < 4.78 is 47.6. The number of ether oxygens (including phenoxy) is 2. The summed E-state index contributed by atoms with van der Waals surface area (Å²) in [7, 11) is 1.23. The lowest BCUT2D eigenvalue weighted by Crippen LogP contribution is -2.05. The van der Waals surface area contributed by atoms with Gasteiger partial charge in [0.15, 0.2) is 5.75 Å². The van der Waals surface area contributed by atoms with Crippen molar-refractivity contribution in [2.45, 2.75) is 6.18 Å². The van der Waals surface area contributed by atoms with Crippen LogP contribution in [-0.2, 0) is 10.9 Å². The fourth-order valence-electron chi connectivity index (χ4n) is 1.55. The number of nitrogens with zero attached hydrogens (tertiary/aromatic N) is 1. The van der Waals surface area contributed by atoms with Gasteiger partial charge in [0.1, 0.15) is 16.0 Å². The summed E-state index contributed by atoms with van der Waals surface area (Å²) >= 11 is 3.12. The number of pyridine rings is 1. The van der Waals surface area contributed by atoms with Crippen molar-refractivity contribution in [3.63, 3.8) is 0 Å². The maximum Gasteiger partial charge on any atom is 0.416 e. The monoisotopic (exact) mass is 375 g/mol. The van der Waals surface area contributed by atoms with E-state index >= 15 is 0 Å². The molecule has 4 nitrogen and oxygen atoms in total. The minimum atomic E-state index is -4.40. The summed E-state index contributed by atoms with van der Waals surface area (Å²) in [6, 6.07) is 7.07. The van der Waals surface area contributed by atoms with Gasteiger partial charge in [-0.25, -0.2) is 9.78 Å². The van der Waals surface area contributed by atoms with E-state index in [4.69, 9.17) is 4.74 Å². The van der Waals surface area contributed by atoms with Crippen molar-refractivity contribution >= 4 is 21.9 Å². The molecule has 0 aliphatic carbocycles. The summed E-state index contributed by atoms with van der Waals surface area (Å²) in [5.74, 6) is -0.143. The SMILES string of the molecule is COC(=O)c1ccc(Oc2ccc(C(F)(F)F)cc2)c(Br)n1. The highest BCUT2D eigenvalue weighted by Gasteiger charge is 2.30. The fourth-order valence-corrected chi connectivity index (χ4v) is 1.96. The maximum absolute atomic E-state index is 12.5. The molecule has 2 rings (SSSR count). The normalized spacial score (nSPS) is 11.1. The molecule has 0 N–H and O–H groups in total. The molecular weight excluding hydrogens is 367 g/mol. The number of carbonyl (C=O) groups is 1. The Morgan fingerprint density at radius 1 is 1.14 bits per heavy atom. The largest absolute Gasteiger partial charge is 0.464 e. The Morgan fingerprint density at radius 3 is 2.27 bits per heavy atom. The molecule has 8 heteroatoms. The molecule has 0 amide bonds. The minimum absolute atomic E-state index is 0.0779. The first kappa shape index (κ1) is 16.3. The highest BCUT2D eigenvalue weighted by atomic mass is 79.9. The second kappa shape index (κ2) is 6.35. The average Bonchev–Trinajstić information content (AvgIpc) is 2.48. The molecule has 0 saturated heterocycles. The fraction of sp³-hybridized carbons (Fsp3) is 0.143. The van der Waals surface area contributed by atoms with Gasteiger partial charge in [-0.1, -0.05) is 0 Å². The molecule has 0 aliphatic rings. The van der Waals surface area contributed by atoms with Gasteiger partial charge in [-0.05, 0) is 52.3 Å². The molecule has 0 aliphatic heterocycles. The molecule has 1 heterocycles. The van der Waals surface area contributed by atoms with Crippen LogP contribution in [0.3, 0.4) is 0 Å². The molecule has 22 heavy (non-hydrogen) atoms. The highest BCUT2D eigenvalue weighted by Crippen LogP contribution is 2.32. The van der Waals surface area contributed by atoms with Crippen molar-refractivity contribution < 1.29 is 27.4 Å². The van der Waals surface area contributed by atoms with Gasteiger partial charge in [0, 0.05) is 0 Å². The van der Waals surface area contributed by atoms with Crippen molar-refractivity contribution in [3.05, 3.63) is 52.3 Å². The third-order valence-electron chi connectivity index (χ3n) is 2.62. The van der Waals surface area contributed by atoms with Crippen LogP contribution < -0.4 is 4.74 Å². The predicted octanol–water partition coefficient (Wildman–Crippen LogP) is 4.44. The Balaban J connectivity index is 2.19. The molecule has 0 saturated carbocycles. The molecule has 2 aromatic rings. The first-order chi connectivity index (χ1) is 10.3. The van der Waals surface area contributed by atoms with Crippen molar-refractivity contribution in [2.75, 3.05) is 7.11 Å². The van der Waals surface area contributed by atoms with Gasteiger partial charge in [-0.2, -0.15) is 13.2 Å². The lowest BCUT2D eigenvalue weighted by Gasteiger charge is -2.10. The van der Waals surface area contributed by atoms with Crippen LogP contribution in [0.15, 0.2) is 41.0 Å². The molecule has 1 aromatic heterocycles. The Kier molecular flexibility index (Phi) is 4.70. The predicted molar refractivity (Wildman–Crippen MR) is 74.8 cm³/mol. The van der Waals surface area contributed by atoms with Crippen LogP contribution in [0, 0.1) is 0 Å². The number of aromatic nitrogens is 1. The number of esters is 1. The number of hydrogen-bond acceptors (Lipinski definition) is 4. The zero-order valence-electron chi connectivity index (χ0n) is 11.1. The van der Waals surface area contributed by atoms with Gasteiger partial charge in [0.2, 0.25) is 0 Å². The third kappa shape index (κ3) is 3.76. The summed E-state index contributed by atoms with van der Waals surface area (Å²) in [5, 5.41) is 0. The van der Waals surface area contributed by atoms with Gasteiger partial charge in [0.25, 0.3) is 0 Å². The third-order valence-corrected chi connectivity index (χ3v) is 3.19. The van der Waals surface area contributed by atoms with E-state index in [1.807, 2.05) is 0 Å². The number of alkyl halides is 3. The van der Waals surface area contributed by atoms with Crippen LogP contribution >= 0.6 is 15.9 Å². The molecule has 0 unspecified atom stereocenters. The van der Waals surface area contributed by atoms with Crippen LogP contribution in [0.25, 0.3) is 0 Å². The second-order valence-electron chi connectivity index (χ2n) is 4.10. The van der Waals surface area contributed by atoms with Crippen LogP contribution in [0.5, 0.6) is 11.5 Å². The van der Waals surface area contributed by atoms with Gasteiger partial charge < -0.3 is 9.47 Å². The van der Waals surface area contributed by atoms with E-state index in [-0.39, 0.29) is 21.8 Å². The molecule has 1 aromatic carbocycles.